The summed E-state index contributed by atoms with van der Waals surface area (Å²) in [6.45, 7) is -0.577. The molecule has 0 fully saturated rings. The van der Waals surface area contributed by atoms with Gasteiger partial charge in [0.2, 0.25) is 0 Å². The number of aliphatic carboxylic acids is 1. The molecular formula is C10H11NO5. The van der Waals surface area contributed by atoms with Crippen LogP contribution in [-0.4, -0.2) is 39.9 Å². The zero-order chi connectivity index (χ0) is 12.1. The predicted octanol–water partition coefficient (Wildman–Crippen LogP) is 0.242. The third-order valence-electron chi connectivity index (χ3n) is 1.93. The zero-order valence-electron chi connectivity index (χ0n) is 8.25. The van der Waals surface area contributed by atoms with Gasteiger partial charge in [-0.3, -0.25) is 0 Å². The lowest BCUT2D eigenvalue weighted by atomic mass is 10.2. The van der Waals surface area contributed by atoms with Crippen molar-refractivity contribution < 1.29 is 24.9 Å². The van der Waals surface area contributed by atoms with Crippen molar-refractivity contribution >= 4 is 17.6 Å². The molecule has 0 aliphatic rings. The number of aliphatic hydroxyl groups is 1. The Hall–Kier alpha value is -2.08. The Bertz CT molecular complexity index is 404. The van der Waals surface area contributed by atoms with Gasteiger partial charge in [-0.15, -0.1) is 0 Å². The van der Waals surface area contributed by atoms with Crippen LogP contribution in [0.4, 0.5) is 5.69 Å². The van der Waals surface area contributed by atoms with Crippen molar-refractivity contribution in [3.8, 4) is 0 Å². The van der Waals surface area contributed by atoms with E-state index in [1.165, 1.54) is 24.3 Å². The summed E-state index contributed by atoms with van der Waals surface area (Å²) in [6, 6.07) is 4.56. The van der Waals surface area contributed by atoms with Crippen molar-refractivity contribution in [1.29, 1.82) is 0 Å². The molecule has 0 aromatic heterocycles. The predicted molar refractivity (Wildman–Crippen MR) is 55.5 cm³/mol. The standard InChI is InChI=1S/C10H11NO5/c12-5-8(10(15)16)11-7-3-1-2-6(4-7)9(13)14/h1-4,8,11-12H,5H2,(H,13,14)(H,15,16)/t8-/m0/s1. The second-order valence-electron chi connectivity index (χ2n) is 3.10. The van der Waals surface area contributed by atoms with Gasteiger partial charge in [-0.2, -0.15) is 0 Å². The lowest BCUT2D eigenvalue weighted by Crippen LogP contribution is -2.32. The SMILES string of the molecule is O=C(O)c1cccc(N[C@@H](CO)C(=O)O)c1. The van der Waals surface area contributed by atoms with Gasteiger partial charge >= 0.3 is 11.9 Å². The van der Waals surface area contributed by atoms with E-state index in [0.29, 0.717) is 5.69 Å². The van der Waals surface area contributed by atoms with Crippen LogP contribution in [0, 0.1) is 0 Å². The molecule has 0 amide bonds. The highest BCUT2D eigenvalue weighted by atomic mass is 16.4. The number of benzene rings is 1. The lowest BCUT2D eigenvalue weighted by molar-refractivity contribution is -0.138. The third kappa shape index (κ3) is 2.96. The molecule has 0 aliphatic heterocycles. The molecule has 0 aliphatic carbocycles. The summed E-state index contributed by atoms with van der Waals surface area (Å²) in [4.78, 5) is 21.3. The van der Waals surface area contributed by atoms with Crippen molar-refractivity contribution in [2.75, 3.05) is 11.9 Å². The van der Waals surface area contributed by atoms with Crippen LogP contribution in [0.25, 0.3) is 0 Å². The molecule has 1 rings (SSSR count). The number of hydrogen-bond donors (Lipinski definition) is 4. The van der Waals surface area contributed by atoms with Gasteiger partial charge in [0.05, 0.1) is 12.2 Å². The second-order valence-corrected chi connectivity index (χ2v) is 3.10. The molecule has 6 heteroatoms. The first-order valence-corrected chi connectivity index (χ1v) is 4.48. The van der Waals surface area contributed by atoms with E-state index in [0.717, 1.165) is 0 Å². The topological polar surface area (TPSA) is 107 Å². The molecule has 0 spiro atoms. The van der Waals surface area contributed by atoms with Gasteiger partial charge in [-0.05, 0) is 18.2 Å². The lowest BCUT2D eigenvalue weighted by Gasteiger charge is -2.13. The summed E-state index contributed by atoms with van der Waals surface area (Å²) in [5, 5.41) is 28.7. The first-order valence-electron chi connectivity index (χ1n) is 4.48. The van der Waals surface area contributed by atoms with E-state index in [9.17, 15) is 9.59 Å². The number of carboxylic acid groups (broad SMARTS) is 2. The van der Waals surface area contributed by atoms with E-state index in [1.807, 2.05) is 0 Å². The second kappa shape index (κ2) is 5.13. The van der Waals surface area contributed by atoms with Gasteiger partial charge < -0.3 is 20.6 Å². The molecule has 0 bridgehead atoms. The molecule has 0 saturated carbocycles. The summed E-state index contributed by atoms with van der Waals surface area (Å²) in [6.07, 6.45) is 0. The number of aliphatic hydroxyl groups excluding tert-OH is 1. The maximum Gasteiger partial charge on any atom is 0.335 e. The number of aromatic carboxylic acids is 1. The number of anilines is 1. The normalized spacial score (nSPS) is 11.8. The Morgan fingerprint density at radius 3 is 2.50 bits per heavy atom. The summed E-state index contributed by atoms with van der Waals surface area (Å²) < 4.78 is 0. The van der Waals surface area contributed by atoms with Gasteiger partial charge in [0.15, 0.2) is 0 Å². The molecule has 0 unspecified atom stereocenters. The van der Waals surface area contributed by atoms with E-state index >= 15 is 0 Å². The van der Waals surface area contributed by atoms with E-state index in [-0.39, 0.29) is 5.56 Å². The highest BCUT2D eigenvalue weighted by Gasteiger charge is 2.15. The van der Waals surface area contributed by atoms with Crippen molar-refractivity contribution in [3.05, 3.63) is 29.8 Å². The molecule has 86 valence electrons. The molecule has 0 heterocycles. The number of carboxylic acids is 2. The first-order chi connectivity index (χ1) is 7.54. The zero-order valence-corrected chi connectivity index (χ0v) is 8.25. The van der Waals surface area contributed by atoms with Crippen molar-refractivity contribution in [2.24, 2.45) is 0 Å². The summed E-state index contributed by atoms with van der Waals surface area (Å²) in [5.41, 5.74) is 0.383. The van der Waals surface area contributed by atoms with Gasteiger partial charge in [0.1, 0.15) is 6.04 Å². The number of hydrogen-bond acceptors (Lipinski definition) is 4. The van der Waals surface area contributed by atoms with Crippen molar-refractivity contribution in [1.82, 2.24) is 0 Å². The van der Waals surface area contributed by atoms with Gasteiger partial charge in [0, 0.05) is 5.69 Å². The van der Waals surface area contributed by atoms with Crippen LogP contribution in [0.3, 0.4) is 0 Å². The van der Waals surface area contributed by atoms with Crippen LogP contribution in [0.2, 0.25) is 0 Å². The van der Waals surface area contributed by atoms with Gasteiger partial charge in [-0.1, -0.05) is 6.07 Å². The number of nitrogens with one attached hydrogen (secondary N) is 1. The quantitative estimate of drug-likeness (QED) is 0.572. The Morgan fingerprint density at radius 1 is 1.31 bits per heavy atom. The fourth-order valence-electron chi connectivity index (χ4n) is 1.13. The van der Waals surface area contributed by atoms with Crippen molar-refractivity contribution in [3.63, 3.8) is 0 Å². The molecule has 1 aromatic carbocycles. The number of carbonyl (C=O) groups is 2. The van der Waals surface area contributed by atoms with Crippen LogP contribution < -0.4 is 5.32 Å². The molecule has 4 N–H and O–H groups in total. The fourth-order valence-corrected chi connectivity index (χ4v) is 1.13. The summed E-state index contributed by atoms with van der Waals surface area (Å²) in [7, 11) is 0. The maximum absolute atomic E-state index is 10.6. The van der Waals surface area contributed by atoms with Crippen molar-refractivity contribution in [2.45, 2.75) is 6.04 Å². The molecule has 6 nitrogen and oxygen atoms in total. The summed E-state index contributed by atoms with van der Waals surface area (Å²) >= 11 is 0. The Morgan fingerprint density at radius 2 is 2.00 bits per heavy atom. The van der Waals surface area contributed by atoms with E-state index in [4.69, 9.17) is 15.3 Å². The molecular weight excluding hydrogens is 214 g/mol. The molecule has 0 saturated heterocycles. The highest BCUT2D eigenvalue weighted by Crippen LogP contribution is 2.11. The minimum atomic E-state index is -1.21. The number of rotatable bonds is 5. The van der Waals surface area contributed by atoms with E-state index in [2.05, 4.69) is 5.32 Å². The Kier molecular flexibility index (Phi) is 3.84. The maximum atomic E-state index is 10.6. The van der Waals surface area contributed by atoms with Crippen LogP contribution in [0.5, 0.6) is 0 Å². The Balaban J connectivity index is 2.84. The fraction of sp³-hybridized carbons (Fsp3) is 0.200. The highest BCUT2D eigenvalue weighted by molar-refractivity contribution is 5.89. The minimum absolute atomic E-state index is 0.0482. The van der Waals surface area contributed by atoms with Gasteiger partial charge in [0.25, 0.3) is 0 Å². The molecule has 16 heavy (non-hydrogen) atoms. The van der Waals surface area contributed by atoms with Crippen LogP contribution in [0.1, 0.15) is 10.4 Å². The van der Waals surface area contributed by atoms with Crippen LogP contribution >= 0.6 is 0 Å². The Labute approximate surface area is 91.1 Å². The minimum Gasteiger partial charge on any atom is -0.480 e. The molecule has 0 radical (unpaired) electrons. The molecule has 1 aromatic rings. The van der Waals surface area contributed by atoms with E-state index < -0.39 is 24.6 Å². The first kappa shape index (κ1) is 12.0. The summed E-state index contributed by atoms with van der Waals surface area (Å²) in [5.74, 6) is -2.30. The average Bonchev–Trinajstić information content (AvgIpc) is 2.25. The monoisotopic (exact) mass is 225 g/mol. The van der Waals surface area contributed by atoms with Crippen LogP contribution in [0.15, 0.2) is 24.3 Å². The van der Waals surface area contributed by atoms with Gasteiger partial charge in [-0.25, -0.2) is 9.59 Å². The molecule has 1 atom stereocenters. The largest absolute Gasteiger partial charge is 0.480 e. The smallest absolute Gasteiger partial charge is 0.335 e. The van der Waals surface area contributed by atoms with Crippen LogP contribution in [-0.2, 0) is 4.79 Å². The van der Waals surface area contributed by atoms with E-state index in [1.54, 1.807) is 0 Å². The third-order valence-corrected chi connectivity index (χ3v) is 1.93. The average molecular weight is 225 g/mol.